The lowest BCUT2D eigenvalue weighted by molar-refractivity contribution is 0.342. The van der Waals surface area contributed by atoms with Crippen molar-refractivity contribution >= 4 is 0 Å². The molecule has 0 amide bonds. The Morgan fingerprint density at radius 1 is 1.43 bits per heavy atom. The number of phenols is 1. The number of benzene rings is 1. The van der Waals surface area contributed by atoms with Gasteiger partial charge in [0.2, 0.25) is 0 Å². The molecule has 0 aliphatic heterocycles. The van der Waals surface area contributed by atoms with Crippen LogP contribution < -0.4 is 4.74 Å². The number of aromatic hydroxyl groups is 1. The molecule has 1 N–H and O–H groups in total. The van der Waals surface area contributed by atoms with Crippen molar-refractivity contribution in [1.82, 2.24) is 4.90 Å². The lowest BCUT2D eigenvalue weighted by Crippen LogP contribution is -2.16. The van der Waals surface area contributed by atoms with Gasteiger partial charge in [-0.3, -0.25) is 0 Å². The third-order valence-electron chi connectivity index (χ3n) is 2.24. The summed E-state index contributed by atoms with van der Waals surface area (Å²) in [4.78, 5) is 2.17. The van der Waals surface area contributed by atoms with Crippen LogP contribution in [0, 0.1) is 0 Å². The monoisotopic (exact) mass is 195 g/mol. The number of ether oxygens (including phenoxy) is 1. The maximum absolute atomic E-state index is 9.53. The zero-order chi connectivity index (χ0) is 10.6. The van der Waals surface area contributed by atoms with Gasteiger partial charge in [-0.15, -0.1) is 0 Å². The van der Waals surface area contributed by atoms with E-state index in [2.05, 4.69) is 11.8 Å². The quantitative estimate of drug-likeness (QED) is 0.796. The minimum Gasteiger partial charge on any atom is -0.504 e. The van der Waals surface area contributed by atoms with Crippen molar-refractivity contribution in [2.75, 3.05) is 20.7 Å². The highest BCUT2D eigenvalue weighted by Gasteiger charge is 2.03. The molecule has 78 valence electrons. The summed E-state index contributed by atoms with van der Waals surface area (Å²) in [7, 11) is 3.59. The van der Waals surface area contributed by atoms with Crippen molar-refractivity contribution < 1.29 is 9.84 Å². The van der Waals surface area contributed by atoms with Crippen molar-refractivity contribution in [1.29, 1.82) is 0 Å². The van der Waals surface area contributed by atoms with Crippen LogP contribution in [0.2, 0.25) is 0 Å². The fourth-order valence-electron chi connectivity index (χ4n) is 1.26. The molecule has 3 nitrogen and oxygen atoms in total. The van der Waals surface area contributed by atoms with E-state index in [0.29, 0.717) is 5.75 Å². The minimum absolute atomic E-state index is 0.203. The maximum Gasteiger partial charge on any atom is 0.160 e. The molecule has 1 rings (SSSR count). The van der Waals surface area contributed by atoms with Gasteiger partial charge in [-0.1, -0.05) is 13.0 Å². The van der Waals surface area contributed by atoms with Crippen LogP contribution >= 0.6 is 0 Å². The average molecular weight is 195 g/mol. The lowest BCUT2D eigenvalue weighted by Gasteiger charge is -2.14. The van der Waals surface area contributed by atoms with Gasteiger partial charge in [-0.05, 0) is 31.3 Å². The molecule has 0 spiro atoms. The van der Waals surface area contributed by atoms with Crippen LogP contribution in [-0.4, -0.2) is 30.7 Å². The van der Waals surface area contributed by atoms with Crippen LogP contribution in [0.15, 0.2) is 18.2 Å². The van der Waals surface area contributed by atoms with E-state index < -0.39 is 0 Å². The van der Waals surface area contributed by atoms with E-state index in [1.54, 1.807) is 19.2 Å². The highest BCUT2D eigenvalue weighted by atomic mass is 16.5. The van der Waals surface area contributed by atoms with Crippen molar-refractivity contribution in [3.05, 3.63) is 23.8 Å². The Morgan fingerprint density at radius 2 is 2.14 bits per heavy atom. The molecule has 0 saturated carbocycles. The molecule has 0 aliphatic carbocycles. The zero-order valence-electron chi connectivity index (χ0n) is 8.95. The van der Waals surface area contributed by atoms with E-state index in [4.69, 9.17) is 4.74 Å². The van der Waals surface area contributed by atoms with Crippen molar-refractivity contribution in [3.63, 3.8) is 0 Å². The molecule has 0 aromatic heterocycles. The van der Waals surface area contributed by atoms with Gasteiger partial charge in [-0.2, -0.15) is 0 Å². The number of phenolic OH excluding ortho intramolecular Hbond substituents is 1. The third kappa shape index (κ3) is 2.64. The molecule has 0 aliphatic rings. The van der Waals surface area contributed by atoms with Gasteiger partial charge < -0.3 is 14.7 Å². The summed E-state index contributed by atoms with van der Waals surface area (Å²) in [6, 6.07) is 5.49. The second kappa shape index (κ2) is 4.86. The molecule has 0 saturated heterocycles. The predicted octanol–water partition coefficient (Wildman–Crippen LogP) is 1.85. The van der Waals surface area contributed by atoms with Gasteiger partial charge >= 0.3 is 0 Å². The molecular weight excluding hydrogens is 178 g/mol. The molecule has 14 heavy (non-hydrogen) atoms. The summed E-state index contributed by atoms with van der Waals surface area (Å²) in [6.45, 7) is 3.93. The van der Waals surface area contributed by atoms with Gasteiger partial charge in [-0.25, -0.2) is 0 Å². The zero-order valence-corrected chi connectivity index (χ0v) is 8.95. The standard InChI is InChI=1S/C11H17NO2/c1-4-12(2)8-9-5-6-11(14-3)10(13)7-9/h5-7,13H,4,8H2,1-3H3. The van der Waals surface area contributed by atoms with Crippen molar-refractivity contribution in [2.45, 2.75) is 13.5 Å². The average Bonchev–Trinajstić information content (AvgIpc) is 2.18. The number of nitrogens with zero attached hydrogens (tertiary/aromatic N) is 1. The first-order valence-electron chi connectivity index (χ1n) is 4.71. The maximum atomic E-state index is 9.53. The summed E-state index contributed by atoms with van der Waals surface area (Å²) in [5.74, 6) is 0.724. The molecule has 1 aromatic rings. The minimum atomic E-state index is 0.203. The van der Waals surface area contributed by atoms with Gasteiger partial charge in [0, 0.05) is 6.54 Å². The first-order valence-corrected chi connectivity index (χ1v) is 4.71. The number of hydrogen-bond donors (Lipinski definition) is 1. The molecule has 1 aromatic carbocycles. The summed E-state index contributed by atoms with van der Waals surface area (Å²) < 4.78 is 4.97. The fraction of sp³-hybridized carbons (Fsp3) is 0.455. The van der Waals surface area contributed by atoms with Crippen molar-refractivity contribution in [2.24, 2.45) is 0 Å². The largest absolute Gasteiger partial charge is 0.504 e. The fourth-order valence-corrected chi connectivity index (χ4v) is 1.26. The Balaban J connectivity index is 2.76. The van der Waals surface area contributed by atoms with E-state index in [-0.39, 0.29) is 5.75 Å². The van der Waals surface area contributed by atoms with Gasteiger partial charge in [0.15, 0.2) is 11.5 Å². The van der Waals surface area contributed by atoms with Crippen LogP contribution in [0.1, 0.15) is 12.5 Å². The number of rotatable bonds is 4. The Kier molecular flexibility index (Phi) is 3.77. The Bertz CT molecular complexity index is 299. The normalized spacial score (nSPS) is 10.6. The highest BCUT2D eigenvalue weighted by molar-refractivity contribution is 5.41. The summed E-state index contributed by atoms with van der Waals surface area (Å²) in [5.41, 5.74) is 1.09. The Morgan fingerprint density at radius 3 is 2.64 bits per heavy atom. The molecule has 0 radical (unpaired) electrons. The SMILES string of the molecule is CCN(C)Cc1ccc(OC)c(O)c1. The van der Waals surface area contributed by atoms with E-state index in [1.807, 2.05) is 13.1 Å². The Hall–Kier alpha value is -1.22. The molecule has 0 heterocycles. The van der Waals surface area contributed by atoms with E-state index in [9.17, 15) is 5.11 Å². The number of methoxy groups -OCH3 is 1. The lowest BCUT2D eigenvalue weighted by atomic mass is 10.2. The molecule has 0 atom stereocenters. The second-order valence-electron chi connectivity index (χ2n) is 3.34. The van der Waals surface area contributed by atoms with Crippen LogP contribution in [0.25, 0.3) is 0 Å². The van der Waals surface area contributed by atoms with Crippen molar-refractivity contribution in [3.8, 4) is 11.5 Å². The summed E-state index contributed by atoms with van der Waals surface area (Å²) >= 11 is 0. The highest BCUT2D eigenvalue weighted by Crippen LogP contribution is 2.26. The predicted molar refractivity (Wildman–Crippen MR) is 56.7 cm³/mol. The Labute approximate surface area is 84.9 Å². The van der Waals surface area contributed by atoms with E-state index >= 15 is 0 Å². The van der Waals surface area contributed by atoms with Gasteiger partial charge in [0.05, 0.1) is 7.11 Å². The van der Waals surface area contributed by atoms with Gasteiger partial charge in [0.1, 0.15) is 0 Å². The van der Waals surface area contributed by atoms with Crippen LogP contribution in [0.4, 0.5) is 0 Å². The third-order valence-corrected chi connectivity index (χ3v) is 2.24. The molecular formula is C11H17NO2. The topological polar surface area (TPSA) is 32.7 Å². The van der Waals surface area contributed by atoms with Crippen LogP contribution in [0.5, 0.6) is 11.5 Å². The molecule has 0 fully saturated rings. The molecule has 3 heteroatoms. The first kappa shape index (κ1) is 10.9. The van der Waals surface area contributed by atoms with Gasteiger partial charge in [0.25, 0.3) is 0 Å². The van der Waals surface area contributed by atoms with E-state index in [0.717, 1.165) is 18.7 Å². The van der Waals surface area contributed by atoms with Crippen LogP contribution in [0.3, 0.4) is 0 Å². The molecule has 0 bridgehead atoms. The summed E-state index contributed by atoms with van der Waals surface area (Å²) in [6.07, 6.45) is 0. The second-order valence-corrected chi connectivity index (χ2v) is 3.34. The van der Waals surface area contributed by atoms with E-state index in [1.165, 1.54) is 0 Å². The summed E-state index contributed by atoms with van der Waals surface area (Å²) in [5, 5.41) is 9.53. The smallest absolute Gasteiger partial charge is 0.160 e. The first-order chi connectivity index (χ1) is 6.67. The molecule has 0 unspecified atom stereocenters. The van der Waals surface area contributed by atoms with Crippen LogP contribution in [-0.2, 0) is 6.54 Å². The number of hydrogen-bond acceptors (Lipinski definition) is 3.